The zero-order chi connectivity index (χ0) is 15.5. The minimum absolute atomic E-state index is 0.00444. The summed E-state index contributed by atoms with van der Waals surface area (Å²) in [7, 11) is 0. The first-order valence-electron chi connectivity index (χ1n) is 8.76. The Morgan fingerprint density at radius 1 is 1.14 bits per heavy atom. The SMILES string of the molecule is C[C@]12CC(C=O)[C@H]3[C@@H](CCC4=CC(=O)CC[C@@H]43)[C@@H]1CCC2=O. The second-order valence-corrected chi connectivity index (χ2v) is 8.10. The molecule has 0 aromatic rings. The molecule has 0 bridgehead atoms. The molecule has 0 aromatic heterocycles. The van der Waals surface area contributed by atoms with Crippen LogP contribution in [-0.2, 0) is 14.4 Å². The maximum atomic E-state index is 12.4. The molecule has 3 heteroatoms. The van der Waals surface area contributed by atoms with Crippen LogP contribution in [0, 0.1) is 35.0 Å². The topological polar surface area (TPSA) is 51.2 Å². The van der Waals surface area contributed by atoms with Gasteiger partial charge in [0.05, 0.1) is 0 Å². The molecule has 3 nitrogen and oxygen atoms in total. The molecule has 0 aromatic carbocycles. The Morgan fingerprint density at radius 3 is 2.73 bits per heavy atom. The lowest BCUT2D eigenvalue weighted by atomic mass is 9.49. The molecule has 22 heavy (non-hydrogen) atoms. The van der Waals surface area contributed by atoms with Gasteiger partial charge in [-0.15, -0.1) is 0 Å². The van der Waals surface area contributed by atoms with Gasteiger partial charge in [0.15, 0.2) is 5.78 Å². The number of rotatable bonds is 1. The maximum absolute atomic E-state index is 12.4. The second-order valence-electron chi connectivity index (χ2n) is 8.10. The molecule has 0 radical (unpaired) electrons. The van der Waals surface area contributed by atoms with Crippen molar-refractivity contribution in [3.8, 4) is 0 Å². The van der Waals surface area contributed by atoms with Crippen LogP contribution in [0.15, 0.2) is 11.6 Å². The number of hydrogen-bond donors (Lipinski definition) is 0. The molecule has 0 spiro atoms. The van der Waals surface area contributed by atoms with Gasteiger partial charge in [-0.1, -0.05) is 12.5 Å². The fourth-order valence-electron chi connectivity index (χ4n) is 6.29. The smallest absolute Gasteiger partial charge is 0.155 e. The number of hydrogen-bond acceptors (Lipinski definition) is 3. The summed E-state index contributed by atoms with van der Waals surface area (Å²) >= 11 is 0. The molecule has 0 N–H and O–H groups in total. The quantitative estimate of drug-likeness (QED) is 0.699. The van der Waals surface area contributed by atoms with E-state index in [-0.39, 0.29) is 17.1 Å². The van der Waals surface area contributed by atoms with E-state index in [1.54, 1.807) is 0 Å². The summed E-state index contributed by atoms with van der Waals surface area (Å²) in [6, 6.07) is 0. The Morgan fingerprint density at radius 2 is 1.95 bits per heavy atom. The third kappa shape index (κ3) is 1.83. The number of fused-ring (bicyclic) bond motifs is 5. The van der Waals surface area contributed by atoms with E-state index in [0.29, 0.717) is 42.3 Å². The van der Waals surface area contributed by atoms with E-state index >= 15 is 0 Å². The molecular weight excluding hydrogens is 276 g/mol. The number of ketones is 2. The molecule has 6 atom stereocenters. The molecule has 0 amide bonds. The van der Waals surface area contributed by atoms with E-state index in [2.05, 4.69) is 6.92 Å². The Kier molecular flexibility index (Phi) is 3.18. The van der Waals surface area contributed by atoms with Gasteiger partial charge < -0.3 is 4.79 Å². The largest absolute Gasteiger partial charge is 0.303 e. The molecule has 118 valence electrons. The Bertz CT molecular complexity index is 575. The average molecular weight is 300 g/mol. The highest BCUT2D eigenvalue weighted by Crippen LogP contribution is 2.61. The summed E-state index contributed by atoms with van der Waals surface area (Å²) in [4.78, 5) is 35.9. The molecular formula is C19H24O3. The van der Waals surface area contributed by atoms with Crippen LogP contribution >= 0.6 is 0 Å². The molecule has 3 fully saturated rings. The van der Waals surface area contributed by atoms with Crippen LogP contribution in [-0.4, -0.2) is 17.9 Å². The van der Waals surface area contributed by atoms with Gasteiger partial charge >= 0.3 is 0 Å². The number of allylic oxidation sites excluding steroid dienone is 1. The van der Waals surface area contributed by atoms with Gasteiger partial charge in [0.25, 0.3) is 0 Å². The predicted molar refractivity (Wildman–Crippen MR) is 82.0 cm³/mol. The molecule has 0 aliphatic heterocycles. The van der Waals surface area contributed by atoms with Gasteiger partial charge in [0.1, 0.15) is 12.1 Å². The third-order valence-electron chi connectivity index (χ3n) is 7.23. The van der Waals surface area contributed by atoms with E-state index in [1.165, 1.54) is 5.57 Å². The van der Waals surface area contributed by atoms with Crippen LogP contribution in [0.3, 0.4) is 0 Å². The van der Waals surface area contributed by atoms with Crippen LogP contribution < -0.4 is 0 Å². The maximum Gasteiger partial charge on any atom is 0.155 e. The second kappa shape index (κ2) is 4.87. The highest BCUT2D eigenvalue weighted by atomic mass is 16.1. The van der Waals surface area contributed by atoms with Crippen molar-refractivity contribution in [3.63, 3.8) is 0 Å². The molecule has 1 unspecified atom stereocenters. The summed E-state index contributed by atoms with van der Waals surface area (Å²) < 4.78 is 0. The number of carbonyl (C=O) groups excluding carboxylic acids is 3. The number of Topliss-reactive ketones (excluding diaryl/α,β-unsaturated/α-hetero) is 1. The van der Waals surface area contributed by atoms with Gasteiger partial charge in [0.2, 0.25) is 0 Å². The molecule has 4 aliphatic carbocycles. The van der Waals surface area contributed by atoms with Crippen molar-refractivity contribution in [3.05, 3.63) is 11.6 Å². The summed E-state index contributed by atoms with van der Waals surface area (Å²) in [5, 5.41) is 0. The normalized spacial score (nSPS) is 47.3. The van der Waals surface area contributed by atoms with Crippen molar-refractivity contribution in [2.75, 3.05) is 0 Å². The van der Waals surface area contributed by atoms with Crippen molar-refractivity contribution in [1.82, 2.24) is 0 Å². The zero-order valence-electron chi connectivity index (χ0n) is 13.2. The summed E-state index contributed by atoms with van der Waals surface area (Å²) in [5.41, 5.74) is 1.02. The van der Waals surface area contributed by atoms with Crippen molar-refractivity contribution in [1.29, 1.82) is 0 Å². The summed E-state index contributed by atoms with van der Waals surface area (Å²) in [6.45, 7) is 2.11. The standard InChI is InChI=1S/C19H24O3/c1-19-9-12(10-20)18-14-5-3-13(21)8-11(14)2-4-15(18)16(19)6-7-17(19)22/h8,10,12,14-16,18H,2-7,9H2,1H3/t12?,14-,15-,16-,18+,19-/m0/s1. The van der Waals surface area contributed by atoms with Crippen molar-refractivity contribution in [2.24, 2.45) is 35.0 Å². The first-order chi connectivity index (χ1) is 10.5. The molecule has 4 rings (SSSR count). The predicted octanol–water partition coefficient (Wildman–Crippen LogP) is 3.12. The molecule has 0 saturated heterocycles. The molecule has 4 aliphatic rings. The van der Waals surface area contributed by atoms with E-state index in [0.717, 1.165) is 38.4 Å². The monoisotopic (exact) mass is 300 g/mol. The van der Waals surface area contributed by atoms with E-state index in [9.17, 15) is 14.4 Å². The Hall–Kier alpha value is -1.25. The van der Waals surface area contributed by atoms with Gasteiger partial charge in [0, 0.05) is 24.2 Å². The fraction of sp³-hybridized carbons (Fsp3) is 0.737. The van der Waals surface area contributed by atoms with Gasteiger partial charge in [-0.05, 0) is 61.9 Å². The van der Waals surface area contributed by atoms with Crippen LogP contribution in [0.25, 0.3) is 0 Å². The van der Waals surface area contributed by atoms with Crippen LogP contribution in [0.4, 0.5) is 0 Å². The van der Waals surface area contributed by atoms with Gasteiger partial charge in [-0.2, -0.15) is 0 Å². The highest BCUT2D eigenvalue weighted by molar-refractivity contribution is 5.91. The summed E-state index contributed by atoms with van der Waals surface area (Å²) in [5.74, 6) is 2.36. The summed E-state index contributed by atoms with van der Waals surface area (Å²) in [6.07, 6.45) is 9.00. The first kappa shape index (κ1) is 14.3. The van der Waals surface area contributed by atoms with E-state index < -0.39 is 0 Å². The number of aldehydes is 1. The van der Waals surface area contributed by atoms with Crippen LogP contribution in [0.2, 0.25) is 0 Å². The van der Waals surface area contributed by atoms with Crippen LogP contribution in [0.1, 0.15) is 51.9 Å². The van der Waals surface area contributed by atoms with Crippen molar-refractivity contribution < 1.29 is 14.4 Å². The van der Waals surface area contributed by atoms with E-state index in [4.69, 9.17) is 0 Å². The molecule has 0 heterocycles. The lowest BCUT2D eigenvalue weighted by Crippen LogP contribution is -2.51. The Labute approximate surface area is 131 Å². The van der Waals surface area contributed by atoms with Crippen molar-refractivity contribution in [2.45, 2.75) is 51.9 Å². The first-order valence-corrected chi connectivity index (χ1v) is 8.76. The number of carbonyl (C=O) groups is 3. The van der Waals surface area contributed by atoms with Crippen LogP contribution in [0.5, 0.6) is 0 Å². The molecule has 3 saturated carbocycles. The lowest BCUT2D eigenvalue weighted by molar-refractivity contribution is -0.137. The average Bonchev–Trinajstić information content (AvgIpc) is 2.81. The highest BCUT2D eigenvalue weighted by Gasteiger charge is 2.59. The lowest BCUT2D eigenvalue weighted by Gasteiger charge is -2.54. The minimum Gasteiger partial charge on any atom is -0.303 e. The Balaban J connectivity index is 1.73. The van der Waals surface area contributed by atoms with Gasteiger partial charge in [-0.25, -0.2) is 0 Å². The zero-order valence-corrected chi connectivity index (χ0v) is 13.2. The minimum atomic E-state index is -0.265. The van der Waals surface area contributed by atoms with Crippen molar-refractivity contribution >= 4 is 17.9 Å². The fourth-order valence-corrected chi connectivity index (χ4v) is 6.29. The van der Waals surface area contributed by atoms with Gasteiger partial charge in [-0.3, -0.25) is 9.59 Å². The van der Waals surface area contributed by atoms with E-state index in [1.807, 2.05) is 6.08 Å². The third-order valence-corrected chi connectivity index (χ3v) is 7.23.